The number of nitrogens with zero attached hydrogens (tertiary/aromatic N) is 2. The monoisotopic (exact) mass is 322 g/mol. The molecule has 0 N–H and O–H groups in total. The average Bonchev–Trinajstić information content (AvgIpc) is 2.61. The molecular formula is C19H15ClN2O. The first-order chi connectivity index (χ1) is 11.2. The summed E-state index contributed by atoms with van der Waals surface area (Å²) in [6.07, 6.45) is 3.24. The van der Waals surface area contributed by atoms with Gasteiger partial charge in [0.2, 0.25) is 0 Å². The first kappa shape index (κ1) is 15.3. The fraction of sp³-hybridized carbons (Fsp3) is 0.0526. The summed E-state index contributed by atoms with van der Waals surface area (Å²) in [4.78, 5) is 18.6. The zero-order chi connectivity index (χ0) is 16.1. The Morgan fingerprint density at radius 1 is 0.957 bits per heavy atom. The number of aromatic nitrogens is 1. The van der Waals surface area contributed by atoms with Gasteiger partial charge in [-0.1, -0.05) is 41.9 Å². The Labute approximate surface area is 140 Å². The molecule has 0 aliphatic carbocycles. The van der Waals surface area contributed by atoms with Crippen molar-refractivity contribution in [1.29, 1.82) is 0 Å². The van der Waals surface area contributed by atoms with Gasteiger partial charge in [0, 0.05) is 28.7 Å². The van der Waals surface area contributed by atoms with E-state index in [1.165, 1.54) is 0 Å². The molecule has 0 saturated heterocycles. The predicted octanol–water partition coefficient (Wildman–Crippen LogP) is 4.58. The van der Waals surface area contributed by atoms with Crippen molar-refractivity contribution in [2.24, 2.45) is 0 Å². The van der Waals surface area contributed by atoms with Gasteiger partial charge in [-0.25, -0.2) is 0 Å². The second-order valence-corrected chi connectivity index (χ2v) is 5.53. The molecule has 3 nitrogen and oxygen atoms in total. The van der Waals surface area contributed by atoms with Gasteiger partial charge in [0.1, 0.15) is 0 Å². The van der Waals surface area contributed by atoms with Crippen molar-refractivity contribution in [3.05, 3.63) is 95.3 Å². The topological polar surface area (TPSA) is 33.2 Å². The molecule has 2 aromatic carbocycles. The standard InChI is InChI=1S/C19H15ClN2O/c20-17-6-4-5-15(13-17)14-22(18-7-2-1-3-8-18)19(23)16-9-11-21-12-10-16/h1-13H,14H2. The molecule has 0 atom stereocenters. The molecule has 0 saturated carbocycles. The second-order valence-electron chi connectivity index (χ2n) is 5.09. The van der Waals surface area contributed by atoms with Crippen LogP contribution in [0, 0.1) is 0 Å². The Morgan fingerprint density at radius 3 is 2.39 bits per heavy atom. The van der Waals surface area contributed by atoms with Crippen LogP contribution in [0.3, 0.4) is 0 Å². The average molecular weight is 323 g/mol. The molecule has 23 heavy (non-hydrogen) atoms. The highest BCUT2D eigenvalue weighted by Crippen LogP contribution is 2.21. The number of anilines is 1. The minimum Gasteiger partial charge on any atom is -0.304 e. The molecular weight excluding hydrogens is 308 g/mol. The number of halogens is 1. The fourth-order valence-electron chi connectivity index (χ4n) is 2.36. The van der Waals surface area contributed by atoms with Crippen LogP contribution in [0.15, 0.2) is 79.1 Å². The highest BCUT2D eigenvalue weighted by atomic mass is 35.5. The van der Waals surface area contributed by atoms with Crippen molar-refractivity contribution in [1.82, 2.24) is 4.98 Å². The van der Waals surface area contributed by atoms with Crippen LogP contribution in [0.25, 0.3) is 0 Å². The van der Waals surface area contributed by atoms with E-state index < -0.39 is 0 Å². The van der Waals surface area contributed by atoms with Gasteiger partial charge in [-0.2, -0.15) is 0 Å². The summed E-state index contributed by atoms with van der Waals surface area (Å²) in [5, 5.41) is 0.659. The van der Waals surface area contributed by atoms with Crippen molar-refractivity contribution in [3.8, 4) is 0 Å². The number of rotatable bonds is 4. The zero-order valence-electron chi connectivity index (χ0n) is 12.4. The van der Waals surface area contributed by atoms with Crippen molar-refractivity contribution in [3.63, 3.8) is 0 Å². The molecule has 0 spiro atoms. The highest BCUT2D eigenvalue weighted by molar-refractivity contribution is 6.30. The van der Waals surface area contributed by atoms with Crippen molar-refractivity contribution in [2.75, 3.05) is 4.90 Å². The van der Waals surface area contributed by atoms with Crippen LogP contribution in [0.1, 0.15) is 15.9 Å². The van der Waals surface area contributed by atoms with Gasteiger partial charge < -0.3 is 4.90 Å². The molecule has 114 valence electrons. The maximum atomic E-state index is 12.9. The van der Waals surface area contributed by atoms with Crippen LogP contribution in [0.2, 0.25) is 5.02 Å². The van der Waals surface area contributed by atoms with E-state index >= 15 is 0 Å². The molecule has 1 aromatic heterocycles. The molecule has 4 heteroatoms. The van der Waals surface area contributed by atoms with E-state index in [0.717, 1.165) is 11.3 Å². The normalized spacial score (nSPS) is 10.3. The number of hydrogen-bond donors (Lipinski definition) is 0. The maximum Gasteiger partial charge on any atom is 0.258 e. The molecule has 1 heterocycles. The lowest BCUT2D eigenvalue weighted by molar-refractivity contribution is 0.0985. The number of pyridine rings is 1. The summed E-state index contributed by atoms with van der Waals surface area (Å²) < 4.78 is 0. The van der Waals surface area contributed by atoms with Crippen LogP contribution in [0.5, 0.6) is 0 Å². The molecule has 3 rings (SSSR count). The largest absolute Gasteiger partial charge is 0.304 e. The van der Waals surface area contributed by atoms with Crippen molar-refractivity contribution >= 4 is 23.2 Å². The van der Waals surface area contributed by atoms with Gasteiger partial charge >= 0.3 is 0 Å². The number of carbonyl (C=O) groups is 1. The molecule has 3 aromatic rings. The first-order valence-electron chi connectivity index (χ1n) is 7.25. The van der Waals surface area contributed by atoms with E-state index in [9.17, 15) is 4.79 Å². The summed E-state index contributed by atoms with van der Waals surface area (Å²) in [5.41, 5.74) is 2.42. The smallest absolute Gasteiger partial charge is 0.258 e. The minimum absolute atomic E-state index is 0.0708. The van der Waals surface area contributed by atoms with Crippen LogP contribution in [-0.2, 0) is 6.54 Å². The van der Waals surface area contributed by atoms with Gasteiger partial charge in [-0.15, -0.1) is 0 Å². The van der Waals surface area contributed by atoms with E-state index in [2.05, 4.69) is 4.98 Å². The Bertz CT molecular complexity index is 791. The lowest BCUT2D eigenvalue weighted by Gasteiger charge is -2.23. The molecule has 0 unspecified atom stereocenters. The Morgan fingerprint density at radius 2 is 1.70 bits per heavy atom. The molecule has 0 bridgehead atoms. The van der Waals surface area contributed by atoms with E-state index in [1.807, 2.05) is 54.6 Å². The molecule has 0 aliphatic rings. The number of amides is 1. The predicted molar refractivity (Wildman–Crippen MR) is 92.6 cm³/mol. The van der Waals surface area contributed by atoms with Gasteiger partial charge in [0.05, 0.1) is 6.54 Å². The summed E-state index contributed by atoms with van der Waals surface area (Å²) in [6, 6.07) is 20.6. The molecule has 0 fully saturated rings. The lowest BCUT2D eigenvalue weighted by atomic mass is 10.1. The van der Waals surface area contributed by atoms with Crippen molar-refractivity contribution in [2.45, 2.75) is 6.54 Å². The highest BCUT2D eigenvalue weighted by Gasteiger charge is 2.18. The molecule has 0 aliphatic heterocycles. The van der Waals surface area contributed by atoms with Gasteiger partial charge in [-0.3, -0.25) is 9.78 Å². The summed E-state index contributed by atoms with van der Waals surface area (Å²) in [7, 11) is 0. The van der Waals surface area contributed by atoms with E-state index in [-0.39, 0.29) is 5.91 Å². The number of benzene rings is 2. The summed E-state index contributed by atoms with van der Waals surface area (Å²) in [5.74, 6) is -0.0708. The minimum atomic E-state index is -0.0708. The Kier molecular flexibility index (Phi) is 4.69. The summed E-state index contributed by atoms with van der Waals surface area (Å²) in [6.45, 7) is 0.450. The van der Waals surface area contributed by atoms with Crippen molar-refractivity contribution < 1.29 is 4.79 Å². The zero-order valence-corrected chi connectivity index (χ0v) is 13.1. The van der Waals surface area contributed by atoms with Gasteiger partial charge in [-0.05, 0) is 42.0 Å². The fourth-order valence-corrected chi connectivity index (χ4v) is 2.57. The van der Waals surface area contributed by atoms with Crippen LogP contribution in [-0.4, -0.2) is 10.9 Å². The number of para-hydroxylation sites is 1. The third kappa shape index (κ3) is 3.76. The quantitative estimate of drug-likeness (QED) is 0.704. The SMILES string of the molecule is O=C(c1ccncc1)N(Cc1cccc(Cl)c1)c1ccccc1. The van der Waals surface area contributed by atoms with Crippen LogP contribution in [0.4, 0.5) is 5.69 Å². The number of carbonyl (C=O) groups excluding carboxylic acids is 1. The third-order valence-electron chi connectivity index (χ3n) is 3.47. The Hall–Kier alpha value is -2.65. The van der Waals surface area contributed by atoms with E-state index in [4.69, 9.17) is 11.6 Å². The first-order valence-corrected chi connectivity index (χ1v) is 7.63. The summed E-state index contributed by atoms with van der Waals surface area (Å²) >= 11 is 6.06. The van der Waals surface area contributed by atoms with E-state index in [1.54, 1.807) is 29.4 Å². The lowest BCUT2D eigenvalue weighted by Crippen LogP contribution is -2.30. The number of hydrogen-bond acceptors (Lipinski definition) is 2. The Balaban J connectivity index is 1.96. The maximum absolute atomic E-state index is 12.9. The van der Waals surface area contributed by atoms with Gasteiger partial charge in [0.25, 0.3) is 5.91 Å². The van der Waals surface area contributed by atoms with E-state index in [0.29, 0.717) is 17.1 Å². The van der Waals surface area contributed by atoms with Gasteiger partial charge in [0.15, 0.2) is 0 Å². The third-order valence-corrected chi connectivity index (χ3v) is 3.71. The molecule has 1 amide bonds. The molecule has 0 radical (unpaired) electrons. The second kappa shape index (κ2) is 7.07. The van der Waals surface area contributed by atoms with Crippen LogP contribution >= 0.6 is 11.6 Å². The van der Waals surface area contributed by atoms with Crippen LogP contribution < -0.4 is 4.90 Å².